The number of rotatable bonds is 6. The van der Waals surface area contributed by atoms with Gasteiger partial charge in [0.15, 0.2) is 0 Å². The molecule has 0 saturated heterocycles. The summed E-state index contributed by atoms with van der Waals surface area (Å²) in [4.78, 5) is 6.97. The molecule has 1 aromatic carbocycles. The van der Waals surface area contributed by atoms with E-state index in [0.717, 1.165) is 25.2 Å². The standard InChI is InChI=1S/C17H25N3/c1-4-20(13-17(2,3)12-18)11-15-8-5-7-14-9-6-10-19-16(14)15/h5-10H,4,11-13,18H2,1-3H3. The Kier molecular flexibility index (Phi) is 4.73. The molecule has 0 aliphatic heterocycles. The first-order chi connectivity index (χ1) is 9.55. The van der Waals surface area contributed by atoms with Gasteiger partial charge in [-0.15, -0.1) is 0 Å². The predicted octanol–water partition coefficient (Wildman–Crippen LogP) is 3.04. The molecule has 3 nitrogen and oxygen atoms in total. The Balaban J connectivity index is 2.22. The minimum atomic E-state index is 0.147. The number of benzene rings is 1. The molecule has 0 amide bonds. The van der Waals surface area contributed by atoms with Crippen LogP contribution in [0.15, 0.2) is 36.5 Å². The summed E-state index contributed by atoms with van der Waals surface area (Å²) in [5.74, 6) is 0. The Hall–Kier alpha value is -1.45. The Labute approximate surface area is 121 Å². The minimum Gasteiger partial charge on any atom is -0.330 e. The van der Waals surface area contributed by atoms with Crippen molar-refractivity contribution >= 4 is 10.9 Å². The van der Waals surface area contributed by atoms with Gasteiger partial charge in [0.2, 0.25) is 0 Å². The third-order valence-corrected chi connectivity index (χ3v) is 3.76. The summed E-state index contributed by atoms with van der Waals surface area (Å²) in [6, 6.07) is 10.5. The van der Waals surface area contributed by atoms with E-state index in [2.05, 4.69) is 54.9 Å². The predicted molar refractivity (Wildman–Crippen MR) is 85.5 cm³/mol. The molecule has 0 spiro atoms. The van der Waals surface area contributed by atoms with E-state index in [1.54, 1.807) is 0 Å². The van der Waals surface area contributed by atoms with Gasteiger partial charge in [0, 0.05) is 24.7 Å². The lowest BCUT2D eigenvalue weighted by atomic mass is 9.93. The number of hydrogen-bond acceptors (Lipinski definition) is 3. The van der Waals surface area contributed by atoms with Crippen LogP contribution in [-0.2, 0) is 6.54 Å². The van der Waals surface area contributed by atoms with Gasteiger partial charge < -0.3 is 5.73 Å². The van der Waals surface area contributed by atoms with Crippen molar-refractivity contribution in [3.63, 3.8) is 0 Å². The van der Waals surface area contributed by atoms with Gasteiger partial charge in [-0.3, -0.25) is 9.88 Å². The van der Waals surface area contributed by atoms with Crippen molar-refractivity contribution in [2.24, 2.45) is 11.1 Å². The molecule has 0 saturated carbocycles. The Morgan fingerprint density at radius 3 is 2.65 bits per heavy atom. The number of para-hydroxylation sites is 1. The fraction of sp³-hybridized carbons (Fsp3) is 0.471. The van der Waals surface area contributed by atoms with Gasteiger partial charge in [0.1, 0.15) is 0 Å². The zero-order valence-corrected chi connectivity index (χ0v) is 12.8. The fourth-order valence-electron chi connectivity index (χ4n) is 2.49. The molecule has 0 aliphatic carbocycles. The average molecular weight is 271 g/mol. The van der Waals surface area contributed by atoms with Crippen LogP contribution in [0.5, 0.6) is 0 Å². The maximum Gasteiger partial charge on any atom is 0.0746 e. The van der Waals surface area contributed by atoms with E-state index in [1.165, 1.54) is 10.9 Å². The molecule has 20 heavy (non-hydrogen) atoms. The molecule has 0 fully saturated rings. The van der Waals surface area contributed by atoms with Crippen LogP contribution < -0.4 is 5.73 Å². The zero-order chi connectivity index (χ0) is 14.6. The number of fused-ring (bicyclic) bond motifs is 1. The number of hydrogen-bond donors (Lipinski definition) is 1. The molecule has 0 radical (unpaired) electrons. The number of nitrogens with zero attached hydrogens (tertiary/aromatic N) is 2. The van der Waals surface area contributed by atoms with Crippen molar-refractivity contribution in [3.05, 3.63) is 42.1 Å². The quantitative estimate of drug-likeness (QED) is 0.878. The first kappa shape index (κ1) is 14.9. The van der Waals surface area contributed by atoms with Gasteiger partial charge in [-0.05, 0) is 30.1 Å². The highest BCUT2D eigenvalue weighted by atomic mass is 15.1. The maximum atomic E-state index is 5.85. The van der Waals surface area contributed by atoms with Crippen molar-refractivity contribution in [1.29, 1.82) is 0 Å². The second-order valence-corrected chi connectivity index (χ2v) is 6.16. The van der Waals surface area contributed by atoms with Crippen molar-refractivity contribution in [2.45, 2.75) is 27.3 Å². The molecular formula is C17H25N3. The van der Waals surface area contributed by atoms with Crippen molar-refractivity contribution in [3.8, 4) is 0 Å². The lowest BCUT2D eigenvalue weighted by Crippen LogP contribution is -2.38. The van der Waals surface area contributed by atoms with Crippen LogP contribution in [0.2, 0.25) is 0 Å². The third kappa shape index (κ3) is 3.56. The van der Waals surface area contributed by atoms with Gasteiger partial charge in [0.25, 0.3) is 0 Å². The molecule has 2 aromatic rings. The van der Waals surface area contributed by atoms with Gasteiger partial charge >= 0.3 is 0 Å². The molecule has 1 aromatic heterocycles. The first-order valence-corrected chi connectivity index (χ1v) is 7.31. The molecule has 0 bridgehead atoms. The second kappa shape index (κ2) is 6.33. The Morgan fingerprint density at radius 1 is 1.20 bits per heavy atom. The van der Waals surface area contributed by atoms with Crippen LogP contribution in [0.3, 0.4) is 0 Å². The van der Waals surface area contributed by atoms with E-state index in [1.807, 2.05) is 12.3 Å². The highest BCUT2D eigenvalue weighted by Crippen LogP contribution is 2.20. The molecule has 2 N–H and O–H groups in total. The topological polar surface area (TPSA) is 42.2 Å². The lowest BCUT2D eigenvalue weighted by Gasteiger charge is -2.31. The summed E-state index contributed by atoms with van der Waals surface area (Å²) in [6.07, 6.45) is 1.87. The fourth-order valence-corrected chi connectivity index (χ4v) is 2.49. The van der Waals surface area contributed by atoms with Gasteiger partial charge in [-0.25, -0.2) is 0 Å². The molecule has 1 heterocycles. The van der Waals surface area contributed by atoms with E-state index in [-0.39, 0.29) is 5.41 Å². The van der Waals surface area contributed by atoms with E-state index < -0.39 is 0 Å². The van der Waals surface area contributed by atoms with Crippen LogP contribution in [0, 0.1) is 5.41 Å². The maximum absolute atomic E-state index is 5.85. The zero-order valence-electron chi connectivity index (χ0n) is 12.8. The Morgan fingerprint density at radius 2 is 1.95 bits per heavy atom. The summed E-state index contributed by atoms with van der Waals surface area (Å²) in [6.45, 7) is 10.3. The summed E-state index contributed by atoms with van der Waals surface area (Å²) in [7, 11) is 0. The molecule has 108 valence electrons. The van der Waals surface area contributed by atoms with Crippen LogP contribution in [0.25, 0.3) is 10.9 Å². The Bertz CT molecular complexity index is 558. The molecule has 3 heteroatoms. The van der Waals surface area contributed by atoms with Crippen molar-refractivity contribution < 1.29 is 0 Å². The molecule has 2 rings (SSSR count). The summed E-state index contributed by atoms with van der Waals surface area (Å²) in [5.41, 5.74) is 8.40. The molecule has 0 aliphatic rings. The highest BCUT2D eigenvalue weighted by Gasteiger charge is 2.19. The second-order valence-electron chi connectivity index (χ2n) is 6.16. The van der Waals surface area contributed by atoms with Crippen LogP contribution >= 0.6 is 0 Å². The molecule has 0 atom stereocenters. The molecular weight excluding hydrogens is 246 g/mol. The van der Waals surface area contributed by atoms with Crippen molar-refractivity contribution in [2.75, 3.05) is 19.6 Å². The first-order valence-electron chi connectivity index (χ1n) is 7.31. The van der Waals surface area contributed by atoms with Crippen LogP contribution in [0.1, 0.15) is 26.3 Å². The van der Waals surface area contributed by atoms with E-state index in [0.29, 0.717) is 6.54 Å². The van der Waals surface area contributed by atoms with E-state index in [9.17, 15) is 0 Å². The van der Waals surface area contributed by atoms with Gasteiger partial charge in [-0.1, -0.05) is 45.0 Å². The van der Waals surface area contributed by atoms with E-state index in [4.69, 9.17) is 5.73 Å². The van der Waals surface area contributed by atoms with Gasteiger partial charge in [0.05, 0.1) is 5.52 Å². The van der Waals surface area contributed by atoms with E-state index >= 15 is 0 Å². The summed E-state index contributed by atoms with van der Waals surface area (Å²) < 4.78 is 0. The van der Waals surface area contributed by atoms with Crippen LogP contribution in [0.4, 0.5) is 0 Å². The normalized spacial score (nSPS) is 12.2. The smallest absolute Gasteiger partial charge is 0.0746 e. The minimum absolute atomic E-state index is 0.147. The summed E-state index contributed by atoms with van der Waals surface area (Å²) >= 11 is 0. The van der Waals surface area contributed by atoms with Crippen LogP contribution in [-0.4, -0.2) is 29.5 Å². The monoisotopic (exact) mass is 271 g/mol. The largest absolute Gasteiger partial charge is 0.330 e. The van der Waals surface area contributed by atoms with Gasteiger partial charge in [-0.2, -0.15) is 0 Å². The summed E-state index contributed by atoms with van der Waals surface area (Å²) in [5, 5.41) is 1.21. The number of pyridine rings is 1. The van der Waals surface area contributed by atoms with Crippen molar-refractivity contribution in [1.82, 2.24) is 9.88 Å². The lowest BCUT2D eigenvalue weighted by molar-refractivity contribution is 0.184. The number of nitrogens with two attached hydrogens (primary N) is 1. The molecule has 0 unspecified atom stereocenters. The highest BCUT2D eigenvalue weighted by molar-refractivity contribution is 5.81. The average Bonchev–Trinajstić information content (AvgIpc) is 2.46. The SMILES string of the molecule is CCN(Cc1cccc2cccnc12)CC(C)(C)CN. The third-order valence-electron chi connectivity index (χ3n) is 3.76. The number of aromatic nitrogens is 1.